The Balaban J connectivity index is 1.30. The second-order valence-electron chi connectivity index (χ2n) is 12.0. The largest absolute Gasteiger partial charge is 0.457 e. The van der Waals surface area contributed by atoms with E-state index in [1.165, 1.54) is 20.9 Å². The molecule has 3 heterocycles. The number of rotatable bonds is 3. The van der Waals surface area contributed by atoms with Gasteiger partial charge in [0.25, 0.3) is 0 Å². The first kappa shape index (κ1) is 26.5. The molecular weight excluding hydrogens is 595 g/mol. The van der Waals surface area contributed by atoms with E-state index in [4.69, 9.17) is 9.15 Å². The summed E-state index contributed by atoms with van der Waals surface area (Å²) in [7, 11) is 0. The monoisotopic (exact) mass is 621 g/mol. The van der Waals surface area contributed by atoms with Gasteiger partial charge in [-0.3, -0.25) is 0 Å². The molecular formula is C43H27NO2S. The fourth-order valence-corrected chi connectivity index (χ4v) is 8.86. The van der Waals surface area contributed by atoms with Crippen LogP contribution in [0, 0.1) is 0 Å². The number of para-hydroxylation sites is 4. The molecule has 1 aromatic heterocycles. The van der Waals surface area contributed by atoms with E-state index in [1.54, 1.807) is 0 Å². The molecule has 0 amide bonds. The highest BCUT2D eigenvalue weighted by molar-refractivity contribution is 7.99. The quantitative estimate of drug-likeness (QED) is 0.196. The molecule has 0 saturated heterocycles. The molecule has 222 valence electrons. The van der Waals surface area contributed by atoms with Crippen LogP contribution in [0.25, 0.3) is 21.9 Å². The minimum Gasteiger partial charge on any atom is -0.457 e. The lowest BCUT2D eigenvalue weighted by Crippen LogP contribution is -2.36. The number of benzene rings is 7. The van der Waals surface area contributed by atoms with Crippen molar-refractivity contribution in [3.8, 4) is 11.5 Å². The van der Waals surface area contributed by atoms with E-state index < -0.39 is 5.41 Å². The fourth-order valence-electron chi connectivity index (χ4n) is 7.69. The molecule has 8 aromatic rings. The van der Waals surface area contributed by atoms with Crippen LogP contribution in [0.3, 0.4) is 0 Å². The van der Waals surface area contributed by atoms with Crippen molar-refractivity contribution in [1.82, 2.24) is 0 Å². The maximum atomic E-state index is 6.60. The molecule has 0 bridgehead atoms. The topological polar surface area (TPSA) is 25.6 Å². The van der Waals surface area contributed by atoms with Crippen LogP contribution < -0.4 is 9.64 Å². The first-order chi connectivity index (χ1) is 23.3. The lowest BCUT2D eigenvalue weighted by atomic mass is 9.63. The third kappa shape index (κ3) is 3.76. The van der Waals surface area contributed by atoms with Crippen molar-refractivity contribution in [1.29, 1.82) is 0 Å². The Morgan fingerprint density at radius 1 is 0.468 bits per heavy atom. The summed E-state index contributed by atoms with van der Waals surface area (Å²) in [6, 6.07) is 58.2. The van der Waals surface area contributed by atoms with Crippen LogP contribution in [0.15, 0.2) is 178 Å². The van der Waals surface area contributed by atoms with E-state index in [9.17, 15) is 0 Å². The smallest absolute Gasteiger partial charge is 0.137 e. The van der Waals surface area contributed by atoms with Gasteiger partial charge in [-0.15, -0.1) is 0 Å². The second kappa shape index (κ2) is 10.1. The third-order valence-corrected chi connectivity index (χ3v) is 10.7. The van der Waals surface area contributed by atoms with Gasteiger partial charge in [0.1, 0.15) is 22.7 Å². The van der Waals surface area contributed by atoms with E-state index in [0.717, 1.165) is 61.6 Å². The van der Waals surface area contributed by atoms with Gasteiger partial charge in [-0.1, -0.05) is 109 Å². The SMILES string of the molecule is c1ccc(N(c2ccc3c(c2)C2(c4ccccc4Oc4ccccc42)c2ccccc2S3)c2cccc3oc4ccccc4c23)cc1. The summed E-state index contributed by atoms with van der Waals surface area (Å²) in [5.41, 5.74) is 9.23. The summed E-state index contributed by atoms with van der Waals surface area (Å²) in [5, 5.41) is 2.20. The molecule has 2 aliphatic rings. The zero-order chi connectivity index (χ0) is 31.0. The Kier molecular flexibility index (Phi) is 5.72. The summed E-state index contributed by atoms with van der Waals surface area (Å²) in [6.45, 7) is 0. The van der Waals surface area contributed by atoms with E-state index in [1.807, 2.05) is 23.9 Å². The first-order valence-corrected chi connectivity index (χ1v) is 16.7. The molecule has 0 radical (unpaired) electrons. The molecule has 0 N–H and O–H groups in total. The van der Waals surface area contributed by atoms with Crippen molar-refractivity contribution in [2.75, 3.05) is 4.90 Å². The molecule has 7 aromatic carbocycles. The van der Waals surface area contributed by atoms with Crippen LogP contribution >= 0.6 is 11.8 Å². The van der Waals surface area contributed by atoms with Gasteiger partial charge in [0.15, 0.2) is 0 Å². The molecule has 47 heavy (non-hydrogen) atoms. The minimum atomic E-state index is -0.574. The molecule has 0 unspecified atom stereocenters. The molecule has 4 heteroatoms. The molecule has 1 spiro atoms. The molecule has 10 rings (SSSR count). The zero-order valence-electron chi connectivity index (χ0n) is 25.3. The van der Waals surface area contributed by atoms with Crippen LogP contribution in [-0.2, 0) is 5.41 Å². The Hall–Kier alpha value is -5.71. The lowest BCUT2D eigenvalue weighted by Gasteiger charge is -2.45. The molecule has 0 aliphatic carbocycles. The number of hydrogen-bond acceptors (Lipinski definition) is 4. The number of furan rings is 1. The highest BCUT2D eigenvalue weighted by Crippen LogP contribution is 2.62. The normalized spacial score (nSPS) is 13.8. The van der Waals surface area contributed by atoms with Crippen LogP contribution in [0.5, 0.6) is 11.5 Å². The highest BCUT2D eigenvalue weighted by atomic mass is 32.2. The van der Waals surface area contributed by atoms with Gasteiger partial charge in [-0.05, 0) is 77.9 Å². The minimum absolute atomic E-state index is 0.574. The molecule has 0 saturated carbocycles. The van der Waals surface area contributed by atoms with Crippen LogP contribution in [0.1, 0.15) is 22.3 Å². The average molecular weight is 622 g/mol. The number of fused-ring (bicyclic) bond motifs is 11. The van der Waals surface area contributed by atoms with Gasteiger partial charge >= 0.3 is 0 Å². The van der Waals surface area contributed by atoms with Crippen molar-refractivity contribution < 1.29 is 9.15 Å². The van der Waals surface area contributed by atoms with Crippen LogP contribution in [-0.4, -0.2) is 0 Å². The van der Waals surface area contributed by atoms with Gasteiger partial charge in [0.2, 0.25) is 0 Å². The van der Waals surface area contributed by atoms with Crippen LogP contribution in [0.4, 0.5) is 17.1 Å². The number of anilines is 3. The summed E-state index contributed by atoms with van der Waals surface area (Å²) in [4.78, 5) is 4.87. The van der Waals surface area contributed by atoms with Crippen molar-refractivity contribution >= 4 is 50.8 Å². The highest BCUT2D eigenvalue weighted by Gasteiger charge is 2.49. The summed E-state index contributed by atoms with van der Waals surface area (Å²) >= 11 is 1.84. The predicted molar refractivity (Wildman–Crippen MR) is 191 cm³/mol. The standard InChI is InChI=1S/C43H27NO2S/c1-2-13-28(14-3-1)44(35-19-12-23-39-42(35)30-15-4-8-20-36(30)45-39)29-25-26-41-34(27-29)43(33-18-7-11-24-40(33)47-41)31-16-5-9-21-37(31)46-38-22-10-6-17-32(38)43/h1-27H. The maximum Gasteiger partial charge on any atom is 0.137 e. The fraction of sp³-hybridized carbons (Fsp3) is 0.0233. The van der Waals surface area contributed by atoms with Gasteiger partial charge < -0.3 is 14.1 Å². The van der Waals surface area contributed by atoms with E-state index in [-0.39, 0.29) is 0 Å². The second-order valence-corrected chi connectivity index (χ2v) is 13.1. The Labute approximate surface area is 276 Å². The van der Waals surface area contributed by atoms with Gasteiger partial charge in [-0.2, -0.15) is 0 Å². The molecule has 2 aliphatic heterocycles. The Morgan fingerprint density at radius 3 is 1.91 bits per heavy atom. The number of hydrogen-bond donors (Lipinski definition) is 0. The summed E-state index contributed by atoms with van der Waals surface area (Å²) in [6.07, 6.45) is 0. The summed E-state index contributed by atoms with van der Waals surface area (Å²) in [5.74, 6) is 1.78. The zero-order valence-corrected chi connectivity index (χ0v) is 26.1. The predicted octanol–water partition coefficient (Wildman–Crippen LogP) is 12.0. The Bertz CT molecular complexity index is 2400. The van der Waals surface area contributed by atoms with Gasteiger partial charge in [0.05, 0.1) is 16.5 Å². The molecule has 3 nitrogen and oxygen atoms in total. The number of nitrogens with zero attached hydrogens (tertiary/aromatic N) is 1. The van der Waals surface area contributed by atoms with Crippen LogP contribution in [0.2, 0.25) is 0 Å². The van der Waals surface area contributed by atoms with Crippen molar-refractivity contribution in [2.45, 2.75) is 15.2 Å². The summed E-state index contributed by atoms with van der Waals surface area (Å²) < 4.78 is 13.0. The van der Waals surface area contributed by atoms with E-state index in [0.29, 0.717) is 0 Å². The Morgan fingerprint density at radius 2 is 1.11 bits per heavy atom. The maximum absolute atomic E-state index is 6.60. The van der Waals surface area contributed by atoms with E-state index in [2.05, 4.69) is 157 Å². The van der Waals surface area contributed by atoms with E-state index >= 15 is 0 Å². The molecule has 0 fully saturated rings. The lowest BCUT2D eigenvalue weighted by molar-refractivity contribution is 0.431. The van der Waals surface area contributed by atoms with Gasteiger partial charge in [0, 0.05) is 37.7 Å². The first-order valence-electron chi connectivity index (χ1n) is 15.8. The number of ether oxygens (including phenoxy) is 1. The third-order valence-electron chi connectivity index (χ3n) is 9.57. The van der Waals surface area contributed by atoms with Crippen molar-refractivity contribution in [3.05, 3.63) is 186 Å². The average Bonchev–Trinajstić information content (AvgIpc) is 3.52. The van der Waals surface area contributed by atoms with Gasteiger partial charge in [-0.25, -0.2) is 0 Å². The van der Waals surface area contributed by atoms with Crippen molar-refractivity contribution in [2.24, 2.45) is 0 Å². The molecule has 0 atom stereocenters. The van der Waals surface area contributed by atoms with Crippen molar-refractivity contribution in [3.63, 3.8) is 0 Å².